The van der Waals surface area contributed by atoms with Gasteiger partial charge in [0, 0.05) is 19.5 Å². The number of aryl methyl sites for hydroxylation is 1. The van der Waals surface area contributed by atoms with E-state index in [9.17, 15) is 14.0 Å². The fourth-order valence-electron chi connectivity index (χ4n) is 2.83. The molecule has 0 radical (unpaired) electrons. The summed E-state index contributed by atoms with van der Waals surface area (Å²) in [5, 5.41) is 5.53. The van der Waals surface area contributed by atoms with Gasteiger partial charge in [0.15, 0.2) is 0 Å². The van der Waals surface area contributed by atoms with Gasteiger partial charge in [0.05, 0.1) is 6.54 Å². The van der Waals surface area contributed by atoms with Crippen LogP contribution in [0.5, 0.6) is 0 Å². The predicted octanol–water partition coefficient (Wildman–Crippen LogP) is 1.21. The van der Waals surface area contributed by atoms with Crippen molar-refractivity contribution in [2.75, 3.05) is 26.7 Å². The molecule has 1 aliphatic rings. The van der Waals surface area contributed by atoms with Gasteiger partial charge in [0.2, 0.25) is 11.8 Å². The SMILES string of the molecule is CNC(=O)C1CCN(CC(=O)NCc2ccc(F)c(C)c2)CC1. The van der Waals surface area contributed by atoms with Crippen molar-refractivity contribution in [3.8, 4) is 0 Å². The molecule has 23 heavy (non-hydrogen) atoms. The highest BCUT2D eigenvalue weighted by atomic mass is 19.1. The van der Waals surface area contributed by atoms with Gasteiger partial charge in [-0.15, -0.1) is 0 Å². The van der Waals surface area contributed by atoms with Crippen LogP contribution in [0.2, 0.25) is 0 Å². The molecule has 1 fully saturated rings. The molecule has 0 aliphatic carbocycles. The number of carbonyl (C=O) groups is 2. The summed E-state index contributed by atoms with van der Waals surface area (Å²) in [5.41, 5.74) is 1.46. The molecule has 0 saturated carbocycles. The fourth-order valence-corrected chi connectivity index (χ4v) is 2.83. The average Bonchev–Trinajstić information content (AvgIpc) is 2.56. The number of carbonyl (C=O) groups excluding carboxylic acids is 2. The molecule has 0 unspecified atom stereocenters. The molecule has 0 aromatic heterocycles. The van der Waals surface area contributed by atoms with Gasteiger partial charge < -0.3 is 10.6 Å². The van der Waals surface area contributed by atoms with Crippen LogP contribution in [-0.4, -0.2) is 43.4 Å². The summed E-state index contributed by atoms with van der Waals surface area (Å²) >= 11 is 0. The molecular weight excluding hydrogens is 297 g/mol. The van der Waals surface area contributed by atoms with Gasteiger partial charge in [-0.25, -0.2) is 4.39 Å². The van der Waals surface area contributed by atoms with E-state index in [1.54, 1.807) is 26.1 Å². The van der Waals surface area contributed by atoms with E-state index in [-0.39, 0.29) is 23.5 Å². The zero-order chi connectivity index (χ0) is 16.8. The lowest BCUT2D eigenvalue weighted by Gasteiger charge is -2.30. The smallest absolute Gasteiger partial charge is 0.234 e. The Morgan fingerprint density at radius 3 is 2.61 bits per heavy atom. The predicted molar refractivity (Wildman–Crippen MR) is 86.2 cm³/mol. The van der Waals surface area contributed by atoms with Crippen LogP contribution in [0.4, 0.5) is 4.39 Å². The van der Waals surface area contributed by atoms with Crippen LogP contribution < -0.4 is 10.6 Å². The lowest BCUT2D eigenvalue weighted by atomic mass is 9.96. The minimum absolute atomic E-state index is 0.0506. The van der Waals surface area contributed by atoms with Gasteiger partial charge in [0.25, 0.3) is 0 Å². The number of rotatable bonds is 5. The van der Waals surface area contributed by atoms with E-state index in [0.717, 1.165) is 31.5 Å². The van der Waals surface area contributed by atoms with E-state index < -0.39 is 0 Å². The second-order valence-electron chi connectivity index (χ2n) is 6.02. The Labute approximate surface area is 136 Å². The molecule has 1 heterocycles. The molecule has 0 bridgehead atoms. The van der Waals surface area contributed by atoms with Crippen molar-refractivity contribution >= 4 is 11.8 Å². The van der Waals surface area contributed by atoms with Crippen LogP contribution in [0.3, 0.4) is 0 Å². The Bertz CT molecular complexity index is 569. The van der Waals surface area contributed by atoms with Gasteiger partial charge in [0.1, 0.15) is 5.82 Å². The molecule has 2 N–H and O–H groups in total. The Hall–Kier alpha value is -1.95. The molecular formula is C17H24FN3O2. The number of nitrogens with zero attached hydrogens (tertiary/aromatic N) is 1. The Kier molecular flexibility index (Phi) is 6.10. The minimum atomic E-state index is -0.237. The minimum Gasteiger partial charge on any atom is -0.359 e. The summed E-state index contributed by atoms with van der Waals surface area (Å²) in [6.07, 6.45) is 1.56. The number of benzene rings is 1. The average molecular weight is 321 g/mol. The van der Waals surface area contributed by atoms with E-state index >= 15 is 0 Å². The van der Waals surface area contributed by atoms with Crippen LogP contribution in [0.1, 0.15) is 24.0 Å². The first-order chi connectivity index (χ1) is 11.0. The zero-order valence-corrected chi connectivity index (χ0v) is 13.7. The molecule has 6 heteroatoms. The molecule has 126 valence electrons. The normalized spacial score (nSPS) is 16.1. The number of piperidine rings is 1. The second-order valence-corrected chi connectivity index (χ2v) is 6.02. The topological polar surface area (TPSA) is 61.4 Å². The standard InChI is InChI=1S/C17H24FN3O2/c1-12-9-13(3-4-15(12)18)10-20-16(22)11-21-7-5-14(6-8-21)17(23)19-2/h3-4,9,14H,5-8,10-11H2,1-2H3,(H,19,23)(H,20,22). The highest BCUT2D eigenvalue weighted by Crippen LogP contribution is 2.16. The first-order valence-electron chi connectivity index (χ1n) is 7.95. The number of hydrogen-bond donors (Lipinski definition) is 2. The van der Waals surface area contributed by atoms with Crippen molar-refractivity contribution in [3.05, 3.63) is 35.1 Å². The Balaban J connectivity index is 1.73. The number of nitrogens with one attached hydrogen (secondary N) is 2. The van der Waals surface area contributed by atoms with E-state index in [2.05, 4.69) is 15.5 Å². The Morgan fingerprint density at radius 1 is 1.30 bits per heavy atom. The molecule has 2 rings (SSSR count). The van der Waals surface area contributed by atoms with Crippen molar-refractivity contribution in [1.29, 1.82) is 0 Å². The highest BCUT2D eigenvalue weighted by Gasteiger charge is 2.24. The van der Waals surface area contributed by atoms with E-state index in [1.807, 2.05) is 0 Å². The third kappa shape index (κ3) is 5.03. The zero-order valence-electron chi connectivity index (χ0n) is 13.7. The van der Waals surface area contributed by atoms with Crippen LogP contribution in [0.15, 0.2) is 18.2 Å². The van der Waals surface area contributed by atoms with Crippen molar-refractivity contribution in [2.45, 2.75) is 26.3 Å². The van der Waals surface area contributed by atoms with Gasteiger partial charge >= 0.3 is 0 Å². The summed E-state index contributed by atoms with van der Waals surface area (Å²) in [6.45, 7) is 3.94. The van der Waals surface area contributed by atoms with Crippen molar-refractivity contribution in [3.63, 3.8) is 0 Å². The van der Waals surface area contributed by atoms with Crippen molar-refractivity contribution in [1.82, 2.24) is 15.5 Å². The fraction of sp³-hybridized carbons (Fsp3) is 0.529. The van der Waals surface area contributed by atoms with Gasteiger partial charge in [-0.2, -0.15) is 0 Å². The summed E-state index contributed by atoms with van der Waals surface area (Å²) < 4.78 is 13.2. The molecule has 1 saturated heterocycles. The lowest BCUT2D eigenvalue weighted by Crippen LogP contribution is -2.43. The molecule has 2 amide bonds. The third-order valence-corrected chi connectivity index (χ3v) is 4.28. The molecule has 1 aromatic carbocycles. The first kappa shape index (κ1) is 17.4. The summed E-state index contributed by atoms with van der Waals surface area (Å²) in [4.78, 5) is 25.6. The molecule has 0 spiro atoms. The second kappa shape index (κ2) is 8.06. The highest BCUT2D eigenvalue weighted by molar-refractivity contribution is 5.79. The van der Waals surface area contributed by atoms with Gasteiger partial charge in [-0.1, -0.05) is 12.1 Å². The summed E-state index contributed by atoms with van der Waals surface area (Å²) in [6, 6.07) is 4.84. The van der Waals surface area contributed by atoms with E-state index in [4.69, 9.17) is 0 Å². The first-order valence-corrected chi connectivity index (χ1v) is 7.95. The maximum atomic E-state index is 13.2. The monoisotopic (exact) mass is 321 g/mol. The van der Waals surface area contributed by atoms with Crippen LogP contribution in [0, 0.1) is 18.7 Å². The van der Waals surface area contributed by atoms with Gasteiger partial charge in [-0.3, -0.25) is 14.5 Å². The third-order valence-electron chi connectivity index (χ3n) is 4.28. The van der Waals surface area contributed by atoms with Crippen LogP contribution in [0.25, 0.3) is 0 Å². The van der Waals surface area contributed by atoms with Crippen LogP contribution in [-0.2, 0) is 16.1 Å². The van der Waals surface area contributed by atoms with E-state index in [1.165, 1.54) is 6.07 Å². The number of hydrogen-bond acceptors (Lipinski definition) is 3. The summed E-state index contributed by atoms with van der Waals surface area (Å²) in [7, 11) is 1.65. The largest absolute Gasteiger partial charge is 0.359 e. The maximum Gasteiger partial charge on any atom is 0.234 e. The maximum absolute atomic E-state index is 13.2. The molecule has 1 aliphatic heterocycles. The summed E-state index contributed by atoms with van der Waals surface area (Å²) in [5.74, 6) is -0.147. The quantitative estimate of drug-likeness (QED) is 0.857. The molecule has 5 nitrogen and oxygen atoms in total. The van der Waals surface area contributed by atoms with Crippen molar-refractivity contribution in [2.24, 2.45) is 5.92 Å². The number of likely N-dealkylation sites (tertiary alicyclic amines) is 1. The van der Waals surface area contributed by atoms with Gasteiger partial charge in [-0.05, 0) is 50.0 Å². The number of amides is 2. The molecule has 0 atom stereocenters. The lowest BCUT2D eigenvalue weighted by molar-refractivity contribution is -0.126. The molecule has 1 aromatic rings. The number of halogens is 1. The van der Waals surface area contributed by atoms with E-state index in [0.29, 0.717) is 18.7 Å². The van der Waals surface area contributed by atoms with Crippen LogP contribution >= 0.6 is 0 Å². The van der Waals surface area contributed by atoms with Crippen molar-refractivity contribution < 1.29 is 14.0 Å². The Morgan fingerprint density at radius 2 is 2.00 bits per heavy atom.